The fraction of sp³-hybridized carbons (Fsp3) is 0.500. The molecular weight excluding hydrogens is 267 g/mol. The second-order valence-corrected chi connectivity index (χ2v) is 5.19. The Bertz CT molecular complexity index is 531. The first-order valence-electron chi connectivity index (χ1n) is 6.35. The van der Waals surface area contributed by atoms with E-state index in [0.717, 1.165) is 12.5 Å². The van der Waals surface area contributed by atoms with Crippen molar-refractivity contribution in [1.82, 2.24) is 4.90 Å². The molecular formula is C14H16F3N3. The number of benzene rings is 1. The lowest BCUT2D eigenvalue weighted by atomic mass is 10.1. The van der Waals surface area contributed by atoms with E-state index in [1.54, 1.807) is 4.90 Å². The third-order valence-corrected chi connectivity index (χ3v) is 3.67. The third-order valence-electron chi connectivity index (χ3n) is 3.67. The number of nitriles is 1. The van der Waals surface area contributed by atoms with Crippen molar-refractivity contribution >= 4 is 5.69 Å². The Hall–Kier alpha value is -1.74. The molecule has 0 amide bonds. The summed E-state index contributed by atoms with van der Waals surface area (Å²) in [6.07, 6.45) is -3.58. The number of likely N-dealkylation sites (N-methyl/N-ethyl adjacent to an activating group) is 1. The van der Waals surface area contributed by atoms with Crippen molar-refractivity contribution in [2.75, 3.05) is 32.1 Å². The first kappa shape index (κ1) is 14.7. The Morgan fingerprint density at radius 3 is 2.55 bits per heavy atom. The summed E-state index contributed by atoms with van der Waals surface area (Å²) in [5.41, 5.74) is -0.307. The van der Waals surface area contributed by atoms with Crippen LogP contribution < -0.4 is 4.90 Å². The van der Waals surface area contributed by atoms with Gasteiger partial charge in [0, 0.05) is 19.1 Å². The average molecular weight is 283 g/mol. The van der Waals surface area contributed by atoms with E-state index in [2.05, 4.69) is 0 Å². The molecule has 1 fully saturated rings. The summed E-state index contributed by atoms with van der Waals surface area (Å²) in [6, 6.07) is 5.68. The van der Waals surface area contributed by atoms with Gasteiger partial charge in [0.15, 0.2) is 0 Å². The normalized spacial score (nSPS) is 19.4. The Labute approximate surface area is 116 Å². The fourth-order valence-electron chi connectivity index (χ4n) is 2.48. The summed E-state index contributed by atoms with van der Waals surface area (Å²) < 4.78 is 39.2. The van der Waals surface area contributed by atoms with Crippen LogP contribution in [0.2, 0.25) is 0 Å². The monoisotopic (exact) mass is 283 g/mol. The molecule has 0 bridgehead atoms. The molecule has 1 aromatic rings. The molecule has 0 N–H and O–H groups in total. The number of hydrogen-bond donors (Lipinski definition) is 0. The Morgan fingerprint density at radius 2 is 2.05 bits per heavy atom. The molecule has 0 spiro atoms. The second kappa shape index (κ2) is 5.33. The van der Waals surface area contributed by atoms with Gasteiger partial charge >= 0.3 is 6.18 Å². The van der Waals surface area contributed by atoms with Gasteiger partial charge in [-0.1, -0.05) is 0 Å². The van der Waals surface area contributed by atoms with Crippen LogP contribution in [0.15, 0.2) is 18.2 Å². The third kappa shape index (κ3) is 2.88. The van der Waals surface area contributed by atoms with Crippen molar-refractivity contribution in [3.8, 4) is 6.07 Å². The number of anilines is 1. The minimum atomic E-state index is -4.40. The van der Waals surface area contributed by atoms with E-state index >= 15 is 0 Å². The van der Waals surface area contributed by atoms with Crippen LogP contribution in [0.5, 0.6) is 0 Å². The lowest BCUT2D eigenvalue weighted by Gasteiger charge is -2.25. The highest BCUT2D eigenvalue weighted by Crippen LogP contribution is 2.38. The SMILES string of the molecule is CN(C)C1CCN(c2cc(C#N)ccc2C(F)(F)F)C1. The average Bonchev–Trinajstić information content (AvgIpc) is 2.86. The smallest absolute Gasteiger partial charge is 0.369 e. The van der Waals surface area contributed by atoms with Gasteiger partial charge in [-0.25, -0.2) is 0 Å². The highest BCUT2D eigenvalue weighted by atomic mass is 19.4. The van der Waals surface area contributed by atoms with Gasteiger partial charge in [0.25, 0.3) is 0 Å². The molecule has 2 rings (SSSR count). The van der Waals surface area contributed by atoms with E-state index in [1.807, 2.05) is 25.1 Å². The van der Waals surface area contributed by atoms with Gasteiger partial charge in [0.05, 0.1) is 22.9 Å². The van der Waals surface area contributed by atoms with Crippen LogP contribution in [0.1, 0.15) is 17.5 Å². The summed E-state index contributed by atoms with van der Waals surface area (Å²) in [4.78, 5) is 3.73. The summed E-state index contributed by atoms with van der Waals surface area (Å²) in [5, 5.41) is 8.88. The molecule has 1 saturated heterocycles. The van der Waals surface area contributed by atoms with Crippen LogP contribution in [0.4, 0.5) is 18.9 Å². The van der Waals surface area contributed by atoms with Crippen LogP contribution in [0, 0.1) is 11.3 Å². The predicted octanol–water partition coefficient (Wildman–Crippen LogP) is 2.72. The molecule has 1 aliphatic rings. The van der Waals surface area contributed by atoms with Crippen molar-refractivity contribution in [2.24, 2.45) is 0 Å². The lowest BCUT2D eigenvalue weighted by molar-refractivity contribution is -0.137. The Balaban J connectivity index is 2.37. The van der Waals surface area contributed by atoms with Crippen molar-refractivity contribution in [3.63, 3.8) is 0 Å². The Morgan fingerprint density at radius 1 is 1.35 bits per heavy atom. The molecule has 20 heavy (non-hydrogen) atoms. The summed E-state index contributed by atoms with van der Waals surface area (Å²) >= 11 is 0. The molecule has 0 saturated carbocycles. The van der Waals surface area contributed by atoms with E-state index in [4.69, 9.17) is 5.26 Å². The summed E-state index contributed by atoms with van der Waals surface area (Å²) in [5.74, 6) is 0. The van der Waals surface area contributed by atoms with Gasteiger partial charge in [-0.2, -0.15) is 18.4 Å². The van der Waals surface area contributed by atoms with Crippen LogP contribution in [0.3, 0.4) is 0 Å². The van der Waals surface area contributed by atoms with Crippen molar-refractivity contribution in [1.29, 1.82) is 5.26 Å². The van der Waals surface area contributed by atoms with Crippen LogP contribution >= 0.6 is 0 Å². The van der Waals surface area contributed by atoms with Gasteiger partial charge in [-0.15, -0.1) is 0 Å². The predicted molar refractivity (Wildman–Crippen MR) is 70.5 cm³/mol. The first-order chi connectivity index (χ1) is 9.32. The van der Waals surface area contributed by atoms with Gasteiger partial charge in [-0.05, 0) is 38.7 Å². The topological polar surface area (TPSA) is 30.3 Å². The zero-order valence-electron chi connectivity index (χ0n) is 11.4. The first-order valence-corrected chi connectivity index (χ1v) is 6.35. The van der Waals surface area contributed by atoms with Crippen molar-refractivity contribution in [2.45, 2.75) is 18.6 Å². The van der Waals surface area contributed by atoms with Crippen LogP contribution in [0.25, 0.3) is 0 Å². The standard InChI is InChI=1S/C14H16F3N3/c1-19(2)11-5-6-20(9-11)13-7-10(8-18)3-4-12(13)14(15,16)17/h3-4,7,11H,5-6,9H2,1-2H3. The van der Waals surface area contributed by atoms with Crippen molar-refractivity contribution in [3.05, 3.63) is 29.3 Å². The molecule has 0 aromatic heterocycles. The van der Waals surface area contributed by atoms with E-state index in [1.165, 1.54) is 12.1 Å². The molecule has 1 atom stereocenters. The molecule has 1 aromatic carbocycles. The maximum Gasteiger partial charge on any atom is 0.418 e. The second-order valence-electron chi connectivity index (χ2n) is 5.19. The number of alkyl halides is 3. The number of rotatable bonds is 2. The number of nitrogens with zero attached hydrogens (tertiary/aromatic N) is 3. The summed E-state index contributed by atoms with van der Waals surface area (Å²) in [7, 11) is 3.84. The largest absolute Gasteiger partial charge is 0.418 e. The minimum absolute atomic E-state index is 0.112. The van der Waals surface area contributed by atoms with Gasteiger partial charge in [-0.3, -0.25) is 0 Å². The highest BCUT2D eigenvalue weighted by Gasteiger charge is 2.36. The molecule has 1 unspecified atom stereocenters. The van der Waals surface area contributed by atoms with Crippen LogP contribution in [-0.2, 0) is 6.18 Å². The lowest BCUT2D eigenvalue weighted by Crippen LogP contribution is -2.32. The van der Waals surface area contributed by atoms with E-state index in [9.17, 15) is 13.2 Å². The zero-order valence-corrected chi connectivity index (χ0v) is 11.4. The molecule has 3 nitrogen and oxygen atoms in total. The molecule has 0 radical (unpaired) electrons. The molecule has 108 valence electrons. The number of hydrogen-bond acceptors (Lipinski definition) is 3. The van der Waals surface area contributed by atoms with Crippen LogP contribution in [-0.4, -0.2) is 38.1 Å². The Kier molecular flexibility index (Phi) is 3.91. The quantitative estimate of drug-likeness (QED) is 0.836. The highest BCUT2D eigenvalue weighted by molar-refractivity contribution is 5.59. The van der Waals surface area contributed by atoms with E-state index in [0.29, 0.717) is 13.1 Å². The number of halogens is 3. The fourth-order valence-corrected chi connectivity index (χ4v) is 2.48. The molecule has 1 heterocycles. The van der Waals surface area contributed by atoms with Gasteiger partial charge in [0.2, 0.25) is 0 Å². The zero-order chi connectivity index (χ0) is 14.9. The molecule has 6 heteroatoms. The summed E-state index contributed by atoms with van der Waals surface area (Å²) in [6.45, 7) is 1.12. The maximum absolute atomic E-state index is 13.1. The van der Waals surface area contributed by atoms with E-state index < -0.39 is 11.7 Å². The molecule has 0 aliphatic carbocycles. The minimum Gasteiger partial charge on any atom is -0.369 e. The van der Waals surface area contributed by atoms with Gasteiger partial charge < -0.3 is 9.80 Å². The maximum atomic E-state index is 13.1. The van der Waals surface area contributed by atoms with Crippen molar-refractivity contribution < 1.29 is 13.2 Å². The van der Waals surface area contributed by atoms with E-state index in [-0.39, 0.29) is 17.3 Å². The van der Waals surface area contributed by atoms with Gasteiger partial charge in [0.1, 0.15) is 0 Å². The molecule has 1 aliphatic heterocycles.